The minimum Gasteiger partial charge on any atom is -0.343 e. The maximum atomic E-state index is 12.7. The Morgan fingerprint density at radius 1 is 1.42 bits per heavy atom. The number of nitrogens with one attached hydrogen (secondary N) is 1. The lowest BCUT2D eigenvalue weighted by atomic mass is 9.94. The minimum atomic E-state index is -0.586. The molecular formula is C18H20N4O3S. The Morgan fingerprint density at radius 2 is 2.27 bits per heavy atom. The molecule has 4 heterocycles. The Kier molecular flexibility index (Phi) is 4.44. The van der Waals surface area contributed by atoms with E-state index in [4.69, 9.17) is 0 Å². The second-order valence-corrected chi connectivity index (χ2v) is 7.97. The van der Waals surface area contributed by atoms with Gasteiger partial charge in [-0.25, -0.2) is 4.98 Å². The molecule has 2 atom stereocenters. The average molecular weight is 372 g/mol. The first-order chi connectivity index (χ1) is 12.5. The van der Waals surface area contributed by atoms with Gasteiger partial charge in [0.1, 0.15) is 10.9 Å². The molecule has 26 heavy (non-hydrogen) atoms. The van der Waals surface area contributed by atoms with Gasteiger partial charge in [-0.1, -0.05) is 11.8 Å². The number of rotatable bonds is 3. The lowest BCUT2D eigenvalue weighted by Gasteiger charge is -2.32. The zero-order chi connectivity index (χ0) is 18.3. The van der Waals surface area contributed by atoms with Crippen LogP contribution in [0.4, 0.5) is 4.79 Å². The number of nitrogens with zero attached hydrogens (tertiary/aromatic N) is 3. The molecule has 0 aromatic carbocycles. The lowest BCUT2D eigenvalue weighted by Crippen LogP contribution is -2.41. The molecule has 136 valence electrons. The van der Waals surface area contributed by atoms with Crippen molar-refractivity contribution >= 4 is 39.8 Å². The SMILES string of the molecule is CN1C(=O)S[C@H](CC(=O)N2CCC[C@@H](c3cc4cccnc4[nH]3)C2)C1=O. The summed E-state index contributed by atoms with van der Waals surface area (Å²) in [7, 11) is 1.46. The summed E-state index contributed by atoms with van der Waals surface area (Å²) in [6, 6.07) is 6.03. The van der Waals surface area contributed by atoms with E-state index in [1.54, 1.807) is 6.20 Å². The molecule has 0 aliphatic carbocycles. The highest BCUT2D eigenvalue weighted by Gasteiger charge is 2.39. The van der Waals surface area contributed by atoms with E-state index >= 15 is 0 Å². The summed E-state index contributed by atoms with van der Waals surface area (Å²) >= 11 is 0.950. The third-order valence-corrected chi connectivity index (χ3v) is 6.24. The van der Waals surface area contributed by atoms with Gasteiger partial charge in [-0.15, -0.1) is 0 Å². The number of amides is 3. The first kappa shape index (κ1) is 17.1. The Labute approximate surface area is 155 Å². The molecule has 2 saturated heterocycles. The quantitative estimate of drug-likeness (QED) is 0.894. The zero-order valence-corrected chi connectivity index (χ0v) is 15.3. The van der Waals surface area contributed by atoms with Gasteiger partial charge in [-0.05, 0) is 31.0 Å². The van der Waals surface area contributed by atoms with Crippen molar-refractivity contribution in [1.29, 1.82) is 0 Å². The topological polar surface area (TPSA) is 86.4 Å². The predicted octanol–water partition coefficient (Wildman–Crippen LogP) is 2.35. The fourth-order valence-electron chi connectivity index (χ4n) is 3.63. The number of aromatic amines is 1. The Bertz CT molecular complexity index is 847. The molecule has 0 radical (unpaired) electrons. The molecule has 2 fully saturated rings. The van der Waals surface area contributed by atoms with E-state index in [1.807, 2.05) is 17.0 Å². The highest BCUT2D eigenvalue weighted by molar-refractivity contribution is 8.15. The number of imide groups is 1. The number of H-pyrrole nitrogens is 1. The first-order valence-electron chi connectivity index (χ1n) is 8.72. The molecule has 0 saturated carbocycles. The number of thioether (sulfide) groups is 1. The number of hydrogen-bond acceptors (Lipinski definition) is 5. The monoisotopic (exact) mass is 372 g/mol. The number of piperidine rings is 1. The second kappa shape index (κ2) is 6.75. The van der Waals surface area contributed by atoms with Gasteiger partial charge in [0.25, 0.3) is 5.24 Å². The Morgan fingerprint density at radius 3 is 3.00 bits per heavy atom. The molecule has 4 rings (SSSR count). The van der Waals surface area contributed by atoms with Gasteiger partial charge in [-0.3, -0.25) is 19.3 Å². The van der Waals surface area contributed by atoms with Crippen molar-refractivity contribution in [3.8, 4) is 0 Å². The van der Waals surface area contributed by atoms with E-state index < -0.39 is 5.25 Å². The van der Waals surface area contributed by atoms with Crippen molar-refractivity contribution in [3.05, 3.63) is 30.1 Å². The molecule has 2 aliphatic rings. The summed E-state index contributed by atoms with van der Waals surface area (Å²) in [6.07, 6.45) is 3.77. The summed E-state index contributed by atoms with van der Waals surface area (Å²) in [4.78, 5) is 46.9. The average Bonchev–Trinajstić information content (AvgIpc) is 3.19. The number of likely N-dealkylation sites (tertiary alicyclic amines) is 1. The number of carbonyl (C=O) groups is 3. The van der Waals surface area contributed by atoms with Crippen LogP contribution < -0.4 is 0 Å². The summed E-state index contributed by atoms with van der Waals surface area (Å²) in [6.45, 7) is 1.32. The third kappa shape index (κ3) is 3.09. The Hall–Kier alpha value is -2.35. The van der Waals surface area contributed by atoms with Crippen LogP contribution in [0.15, 0.2) is 24.4 Å². The van der Waals surface area contributed by atoms with E-state index in [1.165, 1.54) is 7.05 Å². The van der Waals surface area contributed by atoms with Gasteiger partial charge < -0.3 is 9.88 Å². The van der Waals surface area contributed by atoms with E-state index in [0.29, 0.717) is 13.1 Å². The van der Waals surface area contributed by atoms with Crippen molar-refractivity contribution in [1.82, 2.24) is 19.8 Å². The standard InChI is InChI=1S/C18H20N4O3S/c1-21-17(24)14(26-18(21)25)9-15(23)22-7-3-5-12(10-22)13-8-11-4-2-6-19-16(11)20-13/h2,4,6,8,12,14H,3,5,7,9-10H2,1H3,(H,19,20)/t12-,14-/m1/s1. The number of carbonyl (C=O) groups excluding carboxylic acids is 3. The molecule has 0 bridgehead atoms. The first-order valence-corrected chi connectivity index (χ1v) is 9.60. The number of aromatic nitrogens is 2. The highest BCUT2D eigenvalue weighted by atomic mass is 32.2. The van der Waals surface area contributed by atoms with Crippen LogP contribution in [0.1, 0.15) is 30.9 Å². The molecule has 8 heteroatoms. The van der Waals surface area contributed by atoms with E-state index in [-0.39, 0.29) is 29.4 Å². The molecule has 1 N–H and O–H groups in total. The minimum absolute atomic E-state index is 0.0575. The third-order valence-electron chi connectivity index (χ3n) is 5.11. The maximum Gasteiger partial charge on any atom is 0.288 e. The molecule has 2 aromatic heterocycles. The van der Waals surface area contributed by atoms with Crippen LogP contribution in [-0.2, 0) is 9.59 Å². The van der Waals surface area contributed by atoms with Crippen LogP contribution in [0.25, 0.3) is 11.0 Å². The van der Waals surface area contributed by atoms with Crippen LogP contribution in [-0.4, -0.2) is 62.2 Å². The zero-order valence-electron chi connectivity index (χ0n) is 14.5. The van der Waals surface area contributed by atoms with Crippen LogP contribution >= 0.6 is 11.8 Å². The van der Waals surface area contributed by atoms with E-state index in [9.17, 15) is 14.4 Å². The molecule has 7 nitrogen and oxygen atoms in total. The summed E-state index contributed by atoms with van der Waals surface area (Å²) in [5, 5.41) is 0.202. The molecule has 2 aromatic rings. The van der Waals surface area contributed by atoms with Gasteiger partial charge in [0.2, 0.25) is 11.8 Å². The van der Waals surface area contributed by atoms with Crippen LogP contribution in [0.3, 0.4) is 0 Å². The Balaban J connectivity index is 1.44. The fourth-order valence-corrected chi connectivity index (χ4v) is 4.61. The lowest BCUT2D eigenvalue weighted by molar-refractivity contribution is -0.135. The molecular weight excluding hydrogens is 352 g/mol. The van der Waals surface area contributed by atoms with Gasteiger partial charge >= 0.3 is 0 Å². The van der Waals surface area contributed by atoms with Gasteiger partial charge in [0.05, 0.1) is 0 Å². The molecule has 0 unspecified atom stereocenters. The van der Waals surface area contributed by atoms with Crippen LogP contribution in [0.5, 0.6) is 0 Å². The summed E-state index contributed by atoms with van der Waals surface area (Å²) in [5.41, 5.74) is 1.96. The molecule has 3 amide bonds. The highest BCUT2D eigenvalue weighted by Crippen LogP contribution is 2.31. The van der Waals surface area contributed by atoms with Crippen molar-refractivity contribution in [2.45, 2.75) is 30.4 Å². The van der Waals surface area contributed by atoms with Crippen molar-refractivity contribution < 1.29 is 14.4 Å². The summed E-state index contributed by atoms with van der Waals surface area (Å²) < 4.78 is 0. The second-order valence-electron chi connectivity index (χ2n) is 6.82. The van der Waals surface area contributed by atoms with Crippen LogP contribution in [0, 0.1) is 0 Å². The van der Waals surface area contributed by atoms with Gasteiger partial charge in [0, 0.05) is 49.8 Å². The van der Waals surface area contributed by atoms with E-state index in [0.717, 1.165) is 46.2 Å². The van der Waals surface area contributed by atoms with Crippen molar-refractivity contribution in [3.63, 3.8) is 0 Å². The fraction of sp³-hybridized carbons (Fsp3) is 0.444. The maximum absolute atomic E-state index is 12.7. The number of fused-ring (bicyclic) bond motifs is 1. The number of hydrogen-bond donors (Lipinski definition) is 1. The van der Waals surface area contributed by atoms with E-state index in [2.05, 4.69) is 16.0 Å². The van der Waals surface area contributed by atoms with Crippen molar-refractivity contribution in [2.75, 3.05) is 20.1 Å². The smallest absolute Gasteiger partial charge is 0.288 e. The molecule has 2 aliphatic heterocycles. The predicted molar refractivity (Wildman–Crippen MR) is 98.8 cm³/mol. The normalized spacial score (nSPS) is 23.9. The summed E-state index contributed by atoms with van der Waals surface area (Å²) in [5.74, 6) is -0.0976. The largest absolute Gasteiger partial charge is 0.343 e. The van der Waals surface area contributed by atoms with Gasteiger partial charge in [0.15, 0.2) is 0 Å². The number of pyridine rings is 1. The van der Waals surface area contributed by atoms with Crippen LogP contribution in [0.2, 0.25) is 0 Å². The molecule has 0 spiro atoms. The van der Waals surface area contributed by atoms with Crippen molar-refractivity contribution in [2.24, 2.45) is 0 Å². The van der Waals surface area contributed by atoms with Gasteiger partial charge in [-0.2, -0.15) is 0 Å².